The lowest BCUT2D eigenvalue weighted by molar-refractivity contribution is 0.118. The van der Waals surface area contributed by atoms with Gasteiger partial charge >= 0.3 is 0 Å². The first-order valence-corrected chi connectivity index (χ1v) is 7.46. The van der Waals surface area contributed by atoms with Crippen LogP contribution in [0.4, 0.5) is 11.5 Å². The van der Waals surface area contributed by atoms with Gasteiger partial charge in [0.15, 0.2) is 5.69 Å². The van der Waals surface area contributed by atoms with E-state index in [-0.39, 0.29) is 12.1 Å². The summed E-state index contributed by atoms with van der Waals surface area (Å²) in [5, 5.41) is 12.4. The predicted octanol–water partition coefficient (Wildman–Crippen LogP) is 1.45. The van der Waals surface area contributed by atoms with Gasteiger partial charge in [0.05, 0.1) is 17.8 Å². The number of anilines is 2. The number of nitrogens with zero attached hydrogens (tertiary/aromatic N) is 5. The number of aromatic nitrogens is 3. The Morgan fingerprint density at radius 1 is 1.39 bits per heavy atom. The van der Waals surface area contributed by atoms with Crippen molar-refractivity contribution in [3.8, 4) is 6.07 Å². The minimum absolute atomic E-state index is 0.168. The quantitative estimate of drug-likeness (QED) is 0.894. The minimum Gasteiger partial charge on any atom is -0.381 e. The summed E-state index contributed by atoms with van der Waals surface area (Å²) in [5.74, 6) is 0.887. The summed E-state index contributed by atoms with van der Waals surface area (Å²) in [6, 6.07) is 7.91. The van der Waals surface area contributed by atoms with Crippen LogP contribution in [0.15, 0.2) is 36.9 Å². The summed E-state index contributed by atoms with van der Waals surface area (Å²) < 4.78 is 5.51. The van der Waals surface area contributed by atoms with Gasteiger partial charge in [0.25, 0.3) is 0 Å². The molecule has 1 aliphatic heterocycles. The number of hydrogen-bond donors (Lipinski definition) is 1. The number of pyridine rings is 1. The molecule has 118 valence electrons. The molecule has 0 unspecified atom stereocenters. The summed E-state index contributed by atoms with van der Waals surface area (Å²) >= 11 is 0. The topological polar surface area (TPSA) is 87.0 Å². The summed E-state index contributed by atoms with van der Waals surface area (Å²) in [5.41, 5.74) is 1.15. The van der Waals surface area contributed by atoms with Crippen LogP contribution in [0.5, 0.6) is 0 Å². The first-order chi connectivity index (χ1) is 11.3. The molecule has 0 spiro atoms. The van der Waals surface area contributed by atoms with E-state index >= 15 is 0 Å². The molecule has 0 saturated carbocycles. The summed E-state index contributed by atoms with van der Waals surface area (Å²) in [6.45, 7) is 1.47. The number of rotatable bonds is 5. The van der Waals surface area contributed by atoms with Crippen molar-refractivity contribution in [2.75, 3.05) is 30.4 Å². The highest BCUT2D eigenvalue weighted by molar-refractivity contribution is 5.54. The van der Waals surface area contributed by atoms with Gasteiger partial charge in [-0.1, -0.05) is 0 Å². The molecule has 2 atom stereocenters. The first kappa shape index (κ1) is 15.2. The van der Waals surface area contributed by atoms with E-state index in [2.05, 4.69) is 31.2 Å². The Morgan fingerprint density at radius 3 is 3.04 bits per heavy atom. The van der Waals surface area contributed by atoms with E-state index < -0.39 is 0 Å². The van der Waals surface area contributed by atoms with Crippen LogP contribution in [0, 0.1) is 11.3 Å². The molecule has 1 N–H and O–H groups in total. The maximum absolute atomic E-state index is 9.12. The Bertz CT molecular complexity index is 686. The van der Waals surface area contributed by atoms with E-state index in [4.69, 9.17) is 10.00 Å². The van der Waals surface area contributed by atoms with Gasteiger partial charge in [-0.15, -0.1) is 0 Å². The van der Waals surface area contributed by atoms with Crippen LogP contribution in [-0.4, -0.2) is 47.3 Å². The average molecular weight is 310 g/mol. The second-order valence-electron chi connectivity index (χ2n) is 5.36. The number of hydrogen-bond acceptors (Lipinski definition) is 7. The molecule has 0 bridgehead atoms. The molecule has 0 radical (unpaired) electrons. The molecular formula is C16H18N6O. The average Bonchev–Trinajstić information content (AvgIpc) is 3.04. The van der Waals surface area contributed by atoms with Crippen LogP contribution < -0.4 is 10.2 Å². The second kappa shape index (κ2) is 7.03. The molecule has 23 heavy (non-hydrogen) atoms. The van der Waals surface area contributed by atoms with E-state index in [0.29, 0.717) is 12.2 Å². The van der Waals surface area contributed by atoms with Gasteiger partial charge in [-0.2, -0.15) is 5.26 Å². The molecule has 0 amide bonds. The van der Waals surface area contributed by atoms with Gasteiger partial charge in [-0.3, -0.25) is 0 Å². The highest BCUT2D eigenvalue weighted by Crippen LogP contribution is 2.25. The van der Waals surface area contributed by atoms with Crippen molar-refractivity contribution in [2.45, 2.75) is 18.6 Å². The fraction of sp³-hybridized carbons (Fsp3) is 0.375. The number of nitrogens with one attached hydrogen (secondary N) is 1. The fourth-order valence-electron chi connectivity index (χ4n) is 2.84. The van der Waals surface area contributed by atoms with Crippen LogP contribution in [0.1, 0.15) is 12.1 Å². The lowest BCUT2D eigenvalue weighted by atomic mass is 10.2. The molecule has 1 aliphatic rings. The van der Waals surface area contributed by atoms with E-state index in [9.17, 15) is 0 Å². The van der Waals surface area contributed by atoms with Crippen molar-refractivity contribution in [1.82, 2.24) is 15.0 Å². The molecule has 3 heterocycles. The monoisotopic (exact) mass is 310 g/mol. The van der Waals surface area contributed by atoms with Crippen LogP contribution in [0.3, 0.4) is 0 Å². The Morgan fingerprint density at radius 2 is 2.30 bits per heavy atom. The Balaban J connectivity index is 1.73. The lowest BCUT2D eigenvalue weighted by Crippen LogP contribution is -2.35. The molecular weight excluding hydrogens is 292 g/mol. The molecule has 7 nitrogen and oxygen atoms in total. The van der Waals surface area contributed by atoms with Crippen molar-refractivity contribution in [1.29, 1.82) is 5.26 Å². The van der Waals surface area contributed by atoms with E-state index in [0.717, 1.165) is 24.5 Å². The lowest BCUT2D eigenvalue weighted by Gasteiger charge is -2.25. The zero-order valence-corrected chi connectivity index (χ0v) is 12.9. The minimum atomic E-state index is 0.168. The van der Waals surface area contributed by atoms with Crippen molar-refractivity contribution in [3.63, 3.8) is 0 Å². The SMILES string of the molecule is CO[C@@H]1C[C@H](CNc2cccnc2C#N)N(c2ccncn2)C1. The van der Waals surface area contributed by atoms with Crippen LogP contribution in [0.2, 0.25) is 0 Å². The van der Waals surface area contributed by atoms with E-state index in [1.807, 2.05) is 18.2 Å². The fourth-order valence-corrected chi connectivity index (χ4v) is 2.84. The van der Waals surface area contributed by atoms with Crippen molar-refractivity contribution in [3.05, 3.63) is 42.6 Å². The molecule has 0 aliphatic carbocycles. The Labute approximate surface area is 135 Å². The maximum Gasteiger partial charge on any atom is 0.163 e. The Kier molecular flexibility index (Phi) is 4.64. The third kappa shape index (κ3) is 3.38. The zero-order chi connectivity index (χ0) is 16.1. The molecule has 2 aromatic heterocycles. The van der Waals surface area contributed by atoms with E-state index in [1.165, 1.54) is 0 Å². The van der Waals surface area contributed by atoms with Crippen molar-refractivity contribution < 1.29 is 4.74 Å². The highest BCUT2D eigenvalue weighted by atomic mass is 16.5. The highest BCUT2D eigenvalue weighted by Gasteiger charge is 2.32. The molecule has 0 aromatic carbocycles. The van der Waals surface area contributed by atoms with Gasteiger partial charge in [0.2, 0.25) is 0 Å². The van der Waals surface area contributed by atoms with Crippen LogP contribution in [0.25, 0.3) is 0 Å². The largest absolute Gasteiger partial charge is 0.381 e. The maximum atomic E-state index is 9.12. The summed E-state index contributed by atoms with van der Waals surface area (Å²) in [6.07, 6.45) is 5.97. The standard InChI is InChI=1S/C16H18N6O/c1-23-13-7-12(22(10-13)16-4-6-18-11-21-16)9-20-14-3-2-5-19-15(14)8-17/h2-6,11-13,20H,7,9-10H2,1H3/t12-,13-/m1/s1. The molecule has 1 fully saturated rings. The van der Waals surface area contributed by atoms with Crippen LogP contribution in [-0.2, 0) is 4.74 Å². The van der Waals surface area contributed by atoms with Gasteiger partial charge < -0.3 is 15.0 Å². The van der Waals surface area contributed by atoms with Crippen LogP contribution >= 0.6 is 0 Å². The van der Waals surface area contributed by atoms with Gasteiger partial charge in [0.1, 0.15) is 18.2 Å². The van der Waals surface area contributed by atoms with Gasteiger partial charge in [-0.25, -0.2) is 15.0 Å². The number of nitriles is 1. The molecule has 3 rings (SSSR count). The van der Waals surface area contributed by atoms with Crippen molar-refractivity contribution in [2.24, 2.45) is 0 Å². The third-order valence-electron chi connectivity index (χ3n) is 4.01. The zero-order valence-electron chi connectivity index (χ0n) is 12.9. The second-order valence-corrected chi connectivity index (χ2v) is 5.36. The molecule has 2 aromatic rings. The predicted molar refractivity (Wildman–Crippen MR) is 86.0 cm³/mol. The molecule has 7 heteroatoms. The van der Waals surface area contributed by atoms with E-state index in [1.54, 1.807) is 25.8 Å². The first-order valence-electron chi connectivity index (χ1n) is 7.46. The Hall–Kier alpha value is -2.72. The third-order valence-corrected chi connectivity index (χ3v) is 4.01. The number of ether oxygens (including phenoxy) is 1. The number of methoxy groups -OCH3 is 1. The van der Waals surface area contributed by atoms with Gasteiger partial charge in [-0.05, 0) is 24.6 Å². The van der Waals surface area contributed by atoms with Gasteiger partial charge in [0, 0.05) is 32.6 Å². The summed E-state index contributed by atoms with van der Waals surface area (Å²) in [4.78, 5) is 14.6. The van der Waals surface area contributed by atoms with Crippen molar-refractivity contribution >= 4 is 11.5 Å². The smallest absolute Gasteiger partial charge is 0.163 e. The normalized spacial score (nSPS) is 20.3. The molecule has 1 saturated heterocycles. The summed E-state index contributed by atoms with van der Waals surface area (Å²) in [7, 11) is 1.73.